The third kappa shape index (κ3) is 4.16. The first-order valence-corrected chi connectivity index (χ1v) is 12.9. The standard InChI is InChI=1S/C27H31N9O3/c1-5-10-34-25(38)19-12-29-26(31-24(19)36(34)22-8-9-23(37)35(32-22)17(2)3)30-18-6-7-20(21(11-18)39-4)33-15-27(16-33)13-28-14-27/h5-9,11-12,17,28H,1,10,13-16H2,2-4H3,(H,29,30,31). The molecule has 12 nitrogen and oxygen atoms in total. The van der Waals surface area contributed by atoms with Crippen molar-refractivity contribution in [2.24, 2.45) is 5.41 Å². The van der Waals surface area contributed by atoms with Gasteiger partial charge in [0.05, 0.1) is 25.4 Å². The minimum atomic E-state index is -0.277. The zero-order valence-electron chi connectivity index (χ0n) is 22.2. The molecule has 0 radical (unpaired) electrons. The third-order valence-corrected chi connectivity index (χ3v) is 7.32. The molecule has 202 valence electrons. The van der Waals surface area contributed by atoms with Crippen LogP contribution >= 0.6 is 0 Å². The molecule has 4 aromatic rings. The number of hydrogen-bond acceptors (Lipinski definition) is 9. The van der Waals surface area contributed by atoms with Crippen molar-refractivity contribution in [1.29, 1.82) is 0 Å². The van der Waals surface area contributed by atoms with Gasteiger partial charge in [-0.15, -0.1) is 11.7 Å². The van der Waals surface area contributed by atoms with Crippen molar-refractivity contribution in [3.05, 3.63) is 69.9 Å². The highest BCUT2D eigenvalue weighted by Crippen LogP contribution is 2.42. The van der Waals surface area contributed by atoms with Gasteiger partial charge >= 0.3 is 0 Å². The molecule has 2 saturated heterocycles. The fraction of sp³-hybridized carbons (Fsp3) is 0.370. The summed E-state index contributed by atoms with van der Waals surface area (Å²) in [5, 5.41) is 11.4. The molecule has 1 aromatic carbocycles. The number of rotatable bonds is 8. The number of hydrogen-bond donors (Lipinski definition) is 2. The fourth-order valence-corrected chi connectivity index (χ4v) is 5.29. The summed E-state index contributed by atoms with van der Waals surface area (Å²) in [7, 11) is 1.66. The van der Waals surface area contributed by atoms with Crippen molar-refractivity contribution in [1.82, 2.24) is 34.4 Å². The van der Waals surface area contributed by atoms with Crippen molar-refractivity contribution >= 4 is 28.4 Å². The van der Waals surface area contributed by atoms with Crippen LogP contribution < -0.4 is 31.4 Å². The molecule has 0 amide bonds. The number of fused-ring (bicyclic) bond motifs is 1. The van der Waals surface area contributed by atoms with Crippen molar-refractivity contribution in [3.63, 3.8) is 0 Å². The molecule has 1 spiro atoms. The lowest BCUT2D eigenvalue weighted by atomic mass is 9.74. The molecule has 3 aromatic heterocycles. The van der Waals surface area contributed by atoms with Gasteiger partial charge in [-0.1, -0.05) is 6.08 Å². The maximum atomic E-state index is 13.2. The van der Waals surface area contributed by atoms with E-state index in [-0.39, 0.29) is 23.7 Å². The van der Waals surface area contributed by atoms with Crippen LogP contribution in [0.5, 0.6) is 5.75 Å². The number of methoxy groups -OCH3 is 1. The van der Waals surface area contributed by atoms with Gasteiger partial charge in [0.1, 0.15) is 11.1 Å². The van der Waals surface area contributed by atoms with E-state index in [4.69, 9.17) is 4.74 Å². The summed E-state index contributed by atoms with van der Waals surface area (Å²) in [4.78, 5) is 37.0. The number of aromatic nitrogens is 6. The Hall–Kier alpha value is -4.45. The number of anilines is 3. The zero-order valence-corrected chi connectivity index (χ0v) is 22.2. The topological polar surface area (TPSA) is 124 Å². The normalized spacial score (nSPS) is 15.8. The minimum Gasteiger partial charge on any atom is -0.495 e. The number of ether oxygens (including phenoxy) is 1. The van der Waals surface area contributed by atoms with Crippen LogP contribution in [0.4, 0.5) is 17.3 Å². The van der Waals surface area contributed by atoms with Crippen LogP contribution in [-0.2, 0) is 6.54 Å². The highest BCUT2D eigenvalue weighted by Gasteiger charge is 2.48. The molecule has 5 heterocycles. The van der Waals surface area contributed by atoms with Gasteiger partial charge < -0.3 is 20.3 Å². The summed E-state index contributed by atoms with van der Waals surface area (Å²) in [6.07, 6.45) is 3.12. The van der Waals surface area contributed by atoms with E-state index in [2.05, 4.69) is 37.2 Å². The molecule has 12 heteroatoms. The minimum absolute atomic E-state index is 0.157. The molecule has 2 N–H and O–H groups in total. The van der Waals surface area contributed by atoms with E-state index in [1.165, 1.54) is 21.6 Å². The predicted molar refractivity (Wildman–Crippen MR) is 150 cm³/mol. The van der Waals surface area contributed by atoms with Crippen LogP contribution in [0.3, 0.4) is 0 Å². The highest BCUT2D eigenvalue weighted by atomic mass is 16.5. The molecular weight excluding hydrogens is 498 g/mol. The lowest BCUT2D eigenvalue weighted by Gasteiger charge is -2.57. The van der Waals surface area contributed by atoms with Crippen molar-refractivity contribution in [3.8, 4) is 11.6 Å². The van der Waals surface area contributed by atoms with Crippen LogP contribution in [0.25, 0.3) is 16.9 Å². The summed E-state index contributed by atoms with van der Waals surface area (Å²) in [6.45, 7) is 11.9. The summed E-state index contributed by atoms with van der Waals surface area (Å²) in [5.74, 6) is 1.46. The highest BCUT2D eigenvalue weighted by molar-refractivity contribution is 5.77. The molecule has 0 atom stereocenters. The first-order valence-electron chi connectivity index (χ1n) is 12.9. The molecule has 0 bridgehead atoms. The molecule has 2 aliphatic rings. The van der Waals surface area contributed by atoms with Crippen molar-refractivity contribution in [2.75, 3.05) is 43.5 Å². The lowest BCUT2D eigenvalue weighted by molar-refractivity contribution is 0.120. The molecule has 0 saturated carbocycles. The quantitative estimate of drug-likeness (QED) is 0.330. The van der Waals surface area contributed by atoms with Gasteiger partial charge in [-0.05, 0) is 32.0 Å². The van der Waals surface area contributed by atoms with E-state index in [9.17, 15) is 9.59 Å². The Balaban J connectivity index is 1.37. The summed E-state index contributed by atoms with van der Waals surface area (Å²) < 4.78 is 10.2. The van der Waals surface area contributed by atoms with Crippen LogP contribution in [0, 0.1) is 5.41 Å². The Morgan fingerprint density at radius 3 is 2.67 bits per heavy atom. The Morgan fingerprint density at radius 1 is 1.21 bits per heavy atom. The summed E-state index contributed by atoms with van der Waals surface area (Å²) >= 11 is 0. The van der Waals surface area contributed by atoms with Crippen molar-refractivity contribution in [2.45, 2.75) is 26.4 Å². The summed E-state index contributed by atoms with van der Waals surface area (Å²) in [6, 6.07) is 8.78. The Morgan fingerprint density at radius 2 is 2.00 bits per heavy atom. The largest absolute Gasteiger partial charge is 0.495 e. The van der Waals surface area contributed by atoms with E-state index < -0.39 is 0 Å². The van der Waals surface area contributed by atoms with E-state index >= 15 is 0 Å². The molecule has 0 unspecified atom stereocenters. The van der Waals surface area contributed by atoms with Gasteiger partial charge in [0.25, 0.3) is 11.1 Å². The average Bonchev–Trinajstić information content (AvgIpc) is 3.14. The number of nitrogens with one attached hydrogen (secondary N) is 2. The molecule has 0 aliphatic carbocycles. The van der Waals surface area contributed by atoms with Gasteiger partial charge in [-0.25, -0.2) is 19.0 Å². The Kier molecular flexibility index (Phi) is 5.98. The maximum Gasteiger partial charge on any atom is 0.278 e. The molecule has 6 rings (SSSR count). The van der Waals surface area contributed by atoms with Crippen LogP contribution in [0.15, 0.2) is 58.8 Å². The molecule has 2 aliphatic heterocycles. The van der Waals surface area contributed by atoms with E-state index in [1.807, 2.05) is 32.0 Å². The zero-order chi connectivity index (χ0) is 27.3. The monoisotopic (exact) mass is 529 g/mol. The Bertz CT molecular complexity index is 1690. The molecular formula is C27H31N9O3. The number of allylic oxidation sites excluding steroid dienone is 1. The van der Waals surface area contributed by atoms with E-state index in [0.29, 0.717) is 28.2 Å². The van der Waals surface area contributed by atoms with Gasteiger partial charge in [0.15, 0.2) is 11.5 Å². The average molecular weight is 530 g/mol. The van der Waals surface area contributed by atoms with Crippen LogP contribution in [0.2, 0.25) is 0 Å². The number of nitrogens with zero attached hydrogens (tertiary/aromatic N) is 7. The second-order valence-corrected chi connectivity index (χ2v) is 10.5. The SMILES string of the molecule is C=CCn1c(=O)c2cnc(Nc3ccc(N4CC5(CNC5)C4)c(OC)c3)nc2n1-c1ccc(=O)n(C(C)C)n1. The second kappa shape index (κ2) is 9.38. The predicted octanol–water partition coefficient (Wildman–Crippen LogP) is 2.07. The number of benzene rings is 1. The van der Waals surface area contributed by atoms with Gasteiger partial charge in [0, 0.05) is 55.6 Å². The van der Waals surface area contributed by atoms with E-state index in [1.54, 1.807) is 23.9 Å². The van der Waals surface area contributed by atoms with Gasteiger partial charge in [-0.3, -0.25) is 9.59 Å². The fourth-order valence-electron chi connectivity index (χ4n) is 5.29. The van der Waals surface area contributed by atoms with Gasteiger partial charge in [0.2, 0.25) is 5.95 Å². The van der Waals surface area contributed by atoms with Gasteiger partial charge in [-0.2, -0.15) is 4.98 Å². The summed E-state index contributed by atoms with van der Waals surface area (Å²) in [5.41, 5.74) is 2.07. The lowest BCUT2D eigenvalue weighted by Crippen LogP contribution is -2.71. The Labute approximate surface area is 224 Å². The third-order valence-electron chi connectivity index (χ3n) is 7.32. The molecule has 39 heavy (non-hydrogen) atoms. The van der Waals surface area contributed by atoms with E-state index in [0.717, 1.165) is 43.3 Å². The molecule has 2 fully saturated rings. The smallest absolute Gasteiger partial charge is 0.278 e. The second-order valence-electron chi connectivity index (χ2n) is 10.5. The van der Waals surface area contributed by atoms with Crippen LogP contribution in [-0.4, -0.2) is 62.4 Å². The first-order chi connectivity index (χ1) is 18.8. The first kappa shape index (κ1) is 24.9. The van der Waals surface area contributed by atoms with Crippen molar-refractivity contribution < 1.29 is 4.74 Å². The maximum absolute atomic E-state index is 13.2. The van der Waals surface area contributed by atoms with Crippen LogP contribution in [0.1, 0.15) is 19.9 Å².